The molecule has 1 N–H and O–H groups in total. The zero-order valence-corrected chi connectivity index (χ0v) is 14.0. The van der Waals surface area contributed by atoms with Gasteiger partial charge in [0.05, 0.1) is 16.5 Å². The normalized spacial score (nSPS) is 17.2. The van der Waals surface area contributed by atoms with Gasteiger partial charge in [0.15, 0.2) is 0 Å². The van der Waals surface area contributed by atoms with Crippen molar-refractivity contribution in [1.29, 1.82) is 0 Å². The van der Waals surface area contributed by atoms with Crippen LogP contribution in [-0.2, 0) is 14.8 Å². The molecule has 0 aromatic carbocycles. The van der Waals surface area contributed by atoms with Crippen molar-refractivity contribution < 1.29 is 13.2 Å². The summed E-state index contributed by atoms with van der Waals surface area (Å²) in [4.78, 5) is 0. The molecule has 2 rings (SSSR count). The minimum Gasteiger partial charge on any atom is -0.377 e. The summed E-state index contributed by atoms with van der Waals surface area (Å²) in [5, 5.41) is 0. The van der Waals surface area contributed by atoms with E-state index in [1.165, 1.54) is 24.2 Å². The second-order valence-electron chi connectivity index (χ2n) is 4.70. The van der Waals surface area contributed by atoms with E-state index in [0.717, 1.165) is 22.2 Å². The van der Waals surface area contributed by atoms with Gasteiger partial charge in [0.1, 0.15) is 4.21 Å². The molecule has 108 valence electrons. The van der Waals surface area contributed by atoms with Crippen molar-refractivity contribution in [2.24, 2.45) is 0 Å². The fourth-order valence-electron chi connectivity index (χ4n) is 2.09. The summed E-state index contributed by atoms with van der Waals surface area (Å²) < 4.78 is 33.4. The Morgan fingerprint density at radius 3 is 2.74 bits per heavy atom. The Bertz CT molecular complexity index is 502. The van der Waals surface area contributed by atoms with Crippen LogP contribution in [0.3, 0.4) is 0 Å². The van der Waals surface area contributed by atoms with Gasteiger partial charge in [-0.05, 0) is 47.3 Å². The lowest BCUT2D eigenvalue weighted by molar-refractivity contribution is 0.0626. The summed E-state index contributed by atoms with van der Waals surface area (Å²) >= 11 is 4.57. The zero-order valence-electron chi connectivity index (χ0n) is 10.8. The first kappa shape index (κ1) is 15.4. The monoisotopic (exact) mass is 367 g/mol. The molecule has 0 unspecified atom stereocenters. The number of nitrogens with one attached hydrogen (secondary N) is 1. The third-order valence-corrected chi connectivity index (χ3v) is 7.22. The van der Waals surface area contributed by atoms with Crippen LogP contribution >= 0.6 is 27.3 Å². The van der Waals surface area contributed by atoms with E-state index in [4.69, 9.17) is 4.74 Å². The lowest BCUT2D eigenvalue weighted by atomic mass is 10.3. The molecule has 0 spiro atoms. The number of hydrogen-bond donors (Lipinski definition) is 1. The van der Waals surface area contributed by atoms with Gasteiger partial charge in [-0.1, -0.05) is 12.8 Å². The Kier molecular flexibility index (Phi) is 5.42. The molecule has 1 aromatic heterocycles. The molecular weight excluding hydrogens is 350 g/mol. The average molecular weight is 368 g/mol. The summed E-state index contributed by atoms with van der Waals surface area (Å²) in [6.45, 7) is 2.64. The fraction of sp³-hybridized carbons (Fsp3) is 0.667. The van der Waals surface area contributed by atoms with E-state index < -0.39 is 10.0 Å². The minimum atomic E-state index is -3.40. The smallest absolute Gasteiger partial charge is 0.250 e. The molecule has 1 saturated carbocycles. The average Bonchev–Trinajstić information content (AvgIpc) is 2.96. The van der Waals surface area contributed by atoms with E-state index >= 15 is 0 Å². The van der Waals surface area contributed by atoms with Crippen molar-refractivity contribution in [1.82, 2.24) is 4.72 Å². The van der Waals surface area contributed by atoms with Gasteiger partial charge in [0, 0.05) is 6.54 Å². The molecule has 7 heteroatoms. The fourth-order valence-corrected chi connectivity index (χ4v) is 5.38. The van der Waals surface area contributed by atoms with Gasteiger partial charge in [-0.25, -0.2) is 13.1 Å². The first-order valence-corrected chi connectivity index (χ1v) is 9.45. The van der Waals surface area contributed by atoms with Gasteiger partial charge in [-0.3, -0.25) is 0 Å². The van der Waals surface area contributed by atoms with Crippen molar-refractivity contribution in [3.05, 3.63) is 15.4 Å². The van der Waals surface area contributed by atoms with Crippen LogP contribution < -0.4 is 4.72 Å². The van der Waals surface area contributed by atoms with E-state index in [1.807, 2.05) is 6.92 Å². The molecule has 0 aliphatic heterocycles. The van der Waals surface area contributed by atoms with Gasteiger partial charge in [0.25, 0.3) is 0 Å². The van der Waals surface area contributed by atoms with Gasteiger partial charge >= 0.3 is 0 Å². The van der Waals surface area contributed by atoms with E-state index in [2.05, 4.69) is 20.7 Å². The SMILES string of the molecule is Cc1cc(S(=O)(=O)NCCOC2CCCC2)sc1Br. The lowest BCUT2D eigenvalue weighted by Gasteiger charge is -2.11. The molecule has 0 amide bonds. The zero-order chi connectivity index (χ0) is 13.9. The third-order valence-electron chi connectivity index (χ3n) is 3.15. The summed E-state index contributed by atoms with van der Waals surface area (Å²) in [5.74, 6) is 0. The molecule has 0 radical (unpaired) electrons. The van der Waals surface area contributed by atoms with E-state index in [-0.39, 0.29) is 0 Å². The van der Waals surface area contributed by atoms with Crippen LogP contribution in [-0.4, -0.2) is 27.7 Å². The van der Waals surface area contributed by atoms with Gasteiger partial charge in [0.2, 0.25) is 10.0 Å². The maximum Gasteiger partial charge on any atom is 0.250 e. The lowest BCUT2D eigenvalue weighted by Crippen LogP contribution is -2.28. The Balaban J connectivity index is 1.80. The molecule has 4 nitrogen and oxygen atoms in total. The number of halogens is 1. The number of thiophene rings is 1. The molecule has 1 fully saturated rings. The van der Waals surface area contributed by atoms with E-state index in [1.54, 1.807) is 6.07 Å². The number of ether oxygens (including phenoxy) is 1. The first-order chi connectivity index (χ1) is 8.99. The number of hydrogen-bond acceptors (Lipinski definition) is 4. The largest absolute Gasteiger partial charge is 0.377 e. The molecule has 19 heavy (non-hydrogen) atoms. The molecule has 1 heterocycles. The topological polar surface area (TPSA) is 55.4 Å². The van der Waals surface area contributed by atoms with Gasteiger partial charge in [-0.2, -0.15) is 0 Å². The van der Waals surface area contributed by atoms with Crippen LogP contribution in [0.2, 0.25) is 0 Å². The predicted octanol–water partition coefficient (Wildman–Crippen LogP) is 3.06. The molecule has 1 aliphatic carbocycles. The maximum atomic E-state index is 12.0. The van der Waals surface area contributed by atoms with Crippen LogP contribution in [0.5, 0.6) is 0 Å². The Morgan fingerprint density at radius 2 is 2.16 bits per heavy atom. The Morgan fingerprint density at radius 1 is 1.47 bits per heavy atom. The molecule has 1 aliphatic rings. The highest BCUT2D eigenvalue weighted by Crippen LogP contribution is 2.30. The van der Waals surface area contributed by atoms with Crippen LogP contribution in [0, 0.1) is 6.92 Å². The standard InChI is InChI=1S/C12H18BrNO3S2/c1-9-8-11(18-12(9)13)19(15,16)14-6-7-17-10-4-2-3-5-10/h8,10,14H,2-7H2,1H3. The van der Waals surface area contributed by atoms with E-state index in [9.17, 15) is 8.42 Å². The summed E-state index contributed by atoms with van der Waals surface area (Å²) in [6, 6.07) is 1.68. The second-order valence-corrected chi connectivity index (χ2v) is 9.06. The van der Waals surface area contributed by atoms with E-state index in [0.29, 0.717) is 23.5 Å². The van der Waals surface area contributed by atoms with Crippen molar-refractivity contribution >= 4 is 37.3 Å². The summed E-state index contributed by atoms with van der Waals surface area (Å²) in [7, 11) is -3.40. The van der Waals surface area contributed by atoms with Crippen LogP contribution in [0.4, 0.5) is 0 Å². The van der Waals surface area contributed by atoms with Crippen LogP contribution in [0.25, 0.3) is 0 Å². The van der Waals surface area contributed by atoms with Crippen molar-refractivity contribution in [2.45, 2.75) is 42.9 Å². The molecule has 0 atom stereocenters. The Hall–Kier alpha value is 0.0500. The summed E-state index contributed by atoms with van der Waals surface area (Å²) in [6.07, 6.45) is 4.97. The second kappa shape index (κ2) is 6.67. The van der Waals surface area contributed by atoms with Crippen LogP contribution in [0.15, 0.2) is 14.1 Å². The van der Waals surface area contributed by atoms with Crippen LogP contribution in [0.1, 0.15) is 31.2 Å². The third kappa shape index (κ3) is 4.26. The highest BCUT2D eigenvalue weighted by atomic mass is 79.9. The quantitative estimate of drug-likeness (QED) is 0.786. The van der Waals surface area contributed by atoms with Crippen molar-refractivity contribution in [2.75, 3.05) is 13.2 Å². The number of rotatable bonds is 6. The highest BCUT2D eigenvalue weighted by molar-refractivity contribution is 9.11. The molecule has 0 bridgehead atoms. The van der Waals surface area contributed by atoms with Crippen molar-refractivity contribution in [3.63, 3.8) is 0 Å². The van der Waals surface area contributed by atoms with Gasteiger partial charge in [-0.15, -0.1) is 11.3 Å². The summed E-state index contributed by atoms with van der Waals surface area (Å²) in [5.41, 5.74) is 0.938. The molecular formula is C12H18BrNO3S2. The number of aryl methyl sites for hydroxylation is 1. The van der Waals surface area contributed by atoms with Gasteiger partial charge < -0.3 is 4.74 Å². The van der Waals surface area contributed by atoms with Crippen molar-refractivity contribution in [3.8, 4) is 0 Å². The molecule has 0 saturated heterocycles. The predicted molar refractivity (Wildman–Crippen MR) is 80.2 cm³/mol. The Labute approximate surface area is 126 Å². The number of sulfonamides is 1. The first-order valence-electron chi connectivity index (χ1n) is 6.36. The molecule has 1 aromatic rings. The highest BCUT2D eigenvalue weighted by Gasteiger charge is 2.19. The maximum absolute atomic E-state index is 12.0. The minimum absolute atomic E-state index is 0.322.